The second-order valence-electron chi connectivity index (χ2n) is 6.32. The van der Waals surface area contributed by atoms with Crippen molar-refractivity contribution in [1.82, 2.24) is 24.8 Å². The monoisotopic (exact) mass is 373 g/mol. The minimum absolute atomic E-state index is 0.251. The lowest BCUT2D eigenvalue weighted by molar-refractivity contribution is 0.585. The molecule has 7 heteroatoms. The van der Waals surface area contributed by atoms with Crippen LogP contribution in [0.5, 0.6) is 0 Å². The van der Waals surface area contributed by atoms with Gasteiger partial charge in [-0.3, -0.25) is 9.50 Å². The highest BCUT2D eigenvalue weighted by Gasteiger charge is 2.16. The van der Waals surface area contributed by atoms with Gasteiger partial charge in [-0.25, -0.2) is 8.78 Å². The Hall–Kier alpha value is -3.87. The molecule has 3 heterocycles. The first kappa shape index (κ1) is 16.3. The molecule has 3 aromatic heterocycles. The summed E-state index contributed by atoms with van der Waals surface area (Å²) in [5, 5.41) is 15.4. The van der Waals surface area contributed by atoms with Crippen molar-refractivity contribution >= 4 is 5.65 Å². The molecule has 5 aromatic rings. The van der Waals surface area contributed by atoms with Crippen LogP contribution in [0.25, 0.3) is 39.4 Å². The number of fused-ring (bicyclic) bond motifs is 1. The molecule has 0 amide bonds. The molecule has 28 heavy (non-hydrogen) atoms. The lowest BCUT2D eigenvalue weighted by Crippen LogP contribution is -1.92. The second kappa shape index (κ2) is 6.38. The average Bonchev–Trinajstić information content (AvgIpc) is 3.35. The summed E-state index contributed by atoms with van der Waals surface area (Å²) in [5.41, 5.74) is 3.86. The van der Waals surface area contributed by atoms with Gasteiger partial charge in [0.25, 0.3) is 0 Å². The summed E-state index contributed by atoms with van der Waals surface area (Å²) in [6, 6.07) is 16.9. The SMILES string of the molecule is Fc1ccc(-c2[nH]ncc2-c2ccc3nnc(-c4ccccc4)n3c2)c(F)c1. The zero-order chi connectivity index (χ0) is 19.1. The smallest absolute Gasteiger partial charge is 0.168 e. The molecule has 136 valence electrons. The maximum absolute atomic E-state index is 14.3. The van der Waals surface area contributed by atoms with Gasteiger partial charge in [-0.1, -0.05) is 30.3 Å². The Labute approximate surface area is 158 Å². The number of aromatic nitrogens is 5. The third-order valence-corrected chi connectivity index (χ3v) is 4.59. The molecule has 0 saturated carbocycles. The first-order valence-corrected chi connectivity index (χ1v) is 8.60. The average molecular weight is 373 g/mol. The molecule has 0 unspecified atom stereocenters. The van der Waals surface area contributed by atoms with Gasteiger partial charge in [0.15, 0.2) is 11.5 Å². The van der Waals surface area contributed by atoms with Crippen LogP contribution < -0.4 is 0 Å². The Balaban J connectivity index is 1.66. The normalized spacial score (nSPS) is 11.2. The topological polar surface area (TPSA) is 58.9 Å². The molecule has 0 bridgehead atoms. The van der Waals surface area contributed by atoms with Crippen LogP contribution in [0.2, 0.25) is 0 Å². The second-order valence-corrected chi connectivity index (χ2v) is 6.32. The first-order chi connectivity index (χ1) is 13.7. The minimum atomic E-state index is -0.652. The summed E-state index contributed by atoms with van der Waals surface area (Å²) in [7, 11) is 0. The molecule has 0 aliphatic rings. The van der Waals surface area contributed by atoms with Crippen LogP contribution in [0, 0.1) is 11.6 Å². The minimum Gasteiger partial charge on any atom is -0.282 e. The van der Waals surface area contributed by atoms with Gasteiger partial charge in [0.05, 0.1) is 11.9 Å². The van der Waals surface area contributed by atoms with Crippen LogP contribution in [0.4, 0.5) is 8.78 Å². The fraction of sp³-hybridized carbons (Fsp3) is 0. The van der Waals surface area contributed by atoms with Gasteiger partial charge >= 0.3 is 0 Å². The molecule has 0 atom stereocenters. The Morgan fingerprint density at radius 1 is 0.821 bits per heavy atom. The van der Waals surface area contributed by atoms with E-state index in [1.165, 1.54) is 12.1 Å². The molecule has 0 spiro atoms. The lowest BCUT2D eigenvalue weighted by Gasteiger charge is -2.07. The third kappa shape index (κ3) is 2.64. The van der Waals surface area contributed by atoms with E-state index in [2.05, 4.69) is 20.4 Å². The molecular weight excluding hydrogens is 360 g/mol. The molecular formula is C21H13F2N5. The molecule has 1 N–H and O–H groups in total. The van der Waals surface area contributed by atoms with E-state index in [-0.39, 0.29) is 5.56 Å². The van der Waals surface area contributed by atoms with Crippen LogP contribution in [-0.2, 0) is 0 Å². The third-order valence-electron chi connectivity index (χ3n) is 4.59. The zero-order valence-electron chi connectivity index (χ0n) is 14.5. The maximum atomic E-state index is 14.3. The van der Waals surface area contributed by atoms with Crippen molar-refractivity contribution in [2.45, 2.75) is 0 Å². The molecule has 5 rings (SSSR count). The Bertz CT molecular complexity index is 1290. The van der Waals surface area contributed by atoms with E-state index in [9.17, 15) is 8.78 Å². The molecule has 2 aromatic carbocycles. The standard InChI is InChI=1S/C21H13F2N5/c22-15-7-8-16(18(23)10-15)20-17(11-24-26-20)14-6-9-19-25-27-21(28(19)12-14)13-4-2-1-3-5-13/h1-12H,(H,24,26). The van der Waals surface area contributed by atoms with Crippen LogP contribution >= 0.6 is 0 Å². The van der Waals surface area contributed by atoms with Gasteiger partial charge in [-0.15, -0.1) is 10.2 Å². The van der Waals surface area contributed by atoms with Crippen molar-refractivity contribution in [1.29, 1.82) is 0 Å². The van der Waals surface area contributed by atoms with Gasteiger partial charge in [0.1, 0.15) is 11.6 Å². The van der Waals surface area contributed by atoms with E-state index in [0.29, 0.717) is 22.7 Å². The number of rotatable bonds is 3. The summed E-state index contributed by atoms with van der Waals surface area (Å²) < 4.78 is 29.4. The number of nitrogens with zero attached hydrogens (tertiary/aromatic N) is 4. The highest BCUT2D eigenvalue weighted by Crippen LogP contribution is 2.32. The summed E-state index contributed by atoms with van der Waals surface area (Å²) in [4.78, 5) is 0. The first-order valence-electron chi connectivity index (χ1n) is 8.60. The number of pyridine rings is 1. The fourth-order valence-electron chi connectivity index (χ4n) is 3.24. The lowest BCUT2D eigenvalue weighted by atomic mass is 10.0. The molecule has 0 radical (unpaired) electrons. The number of hydrogen-bond donors (Lipinski definition) is 1. The number of aromatic amines is 1. The van der Waals surface area contributed by atoms with Crippen molar-refractivity contribution in [3.8, 4) is 33.8 Å². The predicted octanol–water partition coefficient (Wildman–Crippen LogP) is 4.73. The van der Waals surface area contributed by atoms with E-state index >= 15 is 0 Å². The van der Waals surface area contributed by atoms with Crippen LogP contribution in [0.15, 0.2) is 73.1 Å². The summed E-state index contributed by atoms with van der Waals surface area (Å²) >= 11 is 0. The van der Waals surface area contributed by atoms with Crippen molar-refractivity contribution in [3.05, 3.63) is 84.7 Å². The van der Waals surface area contributed by atoms with Gasteiger partial charge < -0.3 is 0 Å². The van der Waals surface area contributed by atoms with Crippen LogP contribution in [-0.4, -0.2) is 24.8 Å². The summed E-state index contributed by atoms with van der Waals surface area (Å²) in [5.74, 6) is -0.572. The highest BCUT2D eigenvalue weighted by atomic mass is 19.1. The molecule has 5 nitrogen and oxygen atoms in total. The van der Waals surface area contributed by atoms with E-state index < -0.39 is 11.6 Å². The maximum Gasteiger partial charge on any atom is 0.168 e. The summed E-state index contributed by atoms with van der Waals surface area (Å²) in [6.45, 7) is 0. The van der Waals surface area contributed by atoms with E-state index in [0.717, 1.165) is 17.2 Å². The van der Waals surface area contributed by atoms with Gasteiger partial charge in [0.2, 0.25) is 0 Å². The molecule has 0 saturated heterocycles. The molecule has 0 aliphatic carbocycles. The van der Waals surface area contributed by atoms with Crippen LogP contribution in [0.1, 0.15) is 0 Å². The van der Waals surface area contributed by atoms with Crippen molar-refractivity contribution in [3.63, 3.8) is 0 Å². The Kier molecular flexibility index (Phi) is 3.72. The summed E-state index contributed by atoms with van der Waals surface area (Å²) in [6.07, 6.45) is 3.50. The van der Waals surface area contributed by atoms with Gasteiger partial charge in [0, 0.05) is 34.5 Å². The zero-order valence-corrected chi connectivity index (χ0v) is 14.5. The van der Waals surface area contributed by atoms with E-state index in [1.54, 1.807) is 6.20 Å². The highest BCUT2D eigenvalue weighted by molar-refractivity contribution is 5.81. The number of hydrogen-bond acceptors (Lipinski definition) is 3. The van der Waals surface area contributed by atoms with E-state index in [4.69, 9.17) is 0 Å². The predicted molar refractivity (Wildman–Crippen MR) is 101 cm³/mol. The quantitative estimate of drug-likeness (QED) is 0.497. The Morgan fingerprint density at radius 3 is 2.50 bits per heavy atom. The number of nitrogens with one attached hydrogen (secondary N) is 1. The number of halogens is 2. The molecule has 0 aliphatic heterocycles. The van der Waals surface area contributed by atoms with Crippen molar-refractivity contribution in [2.75, 3.05) is 0 Å². The van der Waals surface area contributed by atoms with Gasteiger partial charge in [-0.05, 0) is 24.3 Å². The largest absolute Gasteiger partial charge is 0.282 e. The fourth-order valence-corrected chi connectivity index (χ4v) is 3.24. The Morgan fingerprint density at radius 2 is 1.68 bits per heavy atom. The van der Waals surface area contributed by atoms with Gasteiger partial charge in [-0.2, -0.15) is 5.10 Å². The number of benzene rings is 2. The van der Waals surface area contributed by atoms with E-state index in [1.807, 2.05) is 53.1 Å². The van der Waals surface area contributed by atoms with Crippen LogP contribution in [0.3, 0.4) is 0 Å². The van der Waals surface area contributed by atoms with Crippen molar-refractivity contribution in [2.24, 2.45) is 0 Å². The number of H-pyrrole nitrogens is 1. The molecule has 0 fully saturated rings. The van der Waals surface area contributed by atoms with Crippen molar-refractivity contribution < 1.29 is 8.78 Å².